The largest absolute Gasteiger partial charge is 2.00 e. The normalized spacial score (nSPS) is 8.27. The molecule has 0 aromatic rings. The molecule has 0 fully saturated rings. The third kappa shape index (κ3) is 14.7. The molecule has 0 radical (unpaired) electrons. The summed E-state index contributed by atoms with van der Waals surface area (Å²) < 4.78 is 0.636. The van der Waals surface area contributed by atoms with Gasteiger partial charge in [-0.3, -0.25) is 0 Å². The average molecular weight is 299 g/mol. The van der Waals surface area contributed by atoms with Crippen molar-refractivity contribution in [1.82, 2.24) is 4.90 Å². The quantitative estimate of drug-likeness (QED) is 0.319. The van der Waals surface area contributed by atoms with Crippen LogP contribution in [-0.4, -0.2) is 22.3 Å². The molecule has 86 valence electrons. The van der Waals surface area contributed by atoms with Gasteiger partial charge in [-0.2, -0.15) is 6.92 Å². The van der Waals surface area contributed by atoms with Gasteiger partial charge in [0.1, 0.15) is 0 Å². The molecule has 0 saturated carbocycles. The van der Waals surface area contributed by atoms with E-state index in [0.717, 1.165) is 13.1 Å². The Morgan fingerprint density at radius 3 is 1.67 bits per heavy atom. The first-order chi connectivity index (χ1) is 6.72. The Hall–Kier alpha value is 0.733. The maximum absolute atomic E-state index is 4.98. The van der Waals surface area contributed by atoms with Crippen LogP contribution in [0.1, 0.15) is 46.5 Å². The monoisotopic (exact) mass is 297 g/mol. The predicted molar refractivity (Wildman–Crippen MR) is 72.4 cm³/mol. The first-order valence-corrected chi connectivity index (χ1v) is 6.20. The maximum atomic E-state index is 4.98. The molecule has 0 unspecified atom stereocenters. The fourth-order valence-corrected chi connectivity index (χ4v) is 1.36. The Morgan fingerprint density at radius 1 is 1.13 bits per heavy atom. The zero-order valence-corrected chi connectivity index (χ0v) is 15.0. The third-order valence-electron chi connectivity index (χ3n) is 1.82. The van der Waals surface area contributed by atoms with Gasteiger partial charge < -0.3 is 36.7 Å². The first-order valence-electron chi connectivity index (χ1n) is 5.39. The number of hydrogen-bond donors (Lipinski definition) is 0. The van der Waals surface area contributed by atoms with Crippen molar-refractivity contribution in [2.24, 2.45) is 0 Å². The Bertz CT molecular complexity index is 124. The van der Waals surface area contributed by atoms with Crippen LogP contribution in [0.4, 0.5) is 0 Å². The van der Waals surface area contributed by atoms with Crippen molar-refractivity contribution >= 4 is 29.2 Å². The van der Waals surface area contributed by atoms with E-state index in [9.17, 15) is 0 Å². The van der Waals surface area contributed by atoms with E-state index >= 15 is 0 Å². The Morgan fingerprint density at radius 2 is 1.47 bits per heavy atom. The predicted octanol–water partition coefficient (Wildman–Crippen LogP) is 3.56. The van der Waals surface area contributed by atoms with Gasteiger partial charge in [-0.1, -0.05) is 31.0 Å². The standard InChI is InChI=1S/C9H19NS2.C2H5.Zn/c1-3-5-7-10(9(11)12)8-6-4-2;1-2;/h3-8H2,1-2H3,(H,11,12);1H2,2H3;/q;-1;+2/p-1. The van der Waals surface area contributed by atoms with Gasteiger partial charge in [-0.15, -0.1) is 0 Å². The van der Waals surface area contributed by atoms with Crippen LogP contribution in [-0.2, 0) is 32.1 Å². The van der Waals surface area contributed by atoms with Crippen molar-refractivity contribution < 1.29 is 19.5 Å². The van der Waals surface area contributed by atoms with Crippen molar-refractivity contribution in [3.05, 3.63) is 6.92 Å². The minimum absolute atomic E-state index is 0. The van der Waals surface area contributed by atoms with Gasteiger partial charge in [0.05, 0.1) is 0 Å². The summed E-state index contributed by atoms with van der Waals surface area (Å²) in [7, 11) is 0. The van der Waals surface area contributed by atoms with Gasteiger partial charge in [0.25, 0.3) is 0 Å². The Labute approximate surface area is 120 Å². The van der Waals surface area contributed by atoms with Crippen LogP contribution in [0.15, 0.2) is 0 Å². The van der Waals surface area contributed by atoms with Gasteiger partial charge in [0.2, 0.25) is 0 Å². The molecule has 0 amide bonds. The average Bonchev–Trinajstić information content (AvgIpc) is 2.20. The zero-order chi connectivity index (χ0) is 11.4. The van der Waals surface area contributed by atoms with Crippen LogP contribution >= 0.6 is 12.2 Å². The molecule has 0 aliphatic carbocycles. The molecule has 0 atom stereocenters. The molecular weight excluding hydrogens is 276 g/mol. The minimum Gasteiger partial charge on any atom is -0.411 e. The molecule has 4 heteroatoms. The van der Waals surface area contributed by atoms with Crippen molar-refractivity contribution in [2.75, 3.05) is 13.1 Å². The fourth-order valence-electron chi connectivity index (χ4n) is 0.992. The molecule has 0 aliphatic heterocycles. The second kappa shape index (κ2) is 17.1. The summed E-state index contributed by atoms with van der Waals surface area (Å²) in [5.41, 5.74) is 0. The number of rotatable bonds is 6. The molecule has 0 spiro atoms. The smallest absolute Gasteiger partial charge is 0.411 e. The van der Waals surface area contributed by atoms with Gasteiger partial charge in [-0.05, 0) is 12.8 Å². The molecule has 0 rings (SSSR count). The summed E-state index contributed by atoms with van der Waals surface area (Å²) in [5, 5.41) is 0. The molecule has 1 nitrogen and oxygen atoms in total. The van der Waals surface area contributed by atoms with Crippen LogP contribution in [0.5, 0.6) is 0 Å². The molecule has 0 aromatic carbocycles. The molecule has 0 aliphatic rings. The second-order valence-corrected chi connectivity index (χ2v) is 3.99. The van der Waals surface area contributed by atoms with Crippen molar-refractivity contribution in [3.8, 4) is 0 Å². The first kappa shape index (κ1) is 21.1. The zero-order valence-electron chi connectivity index (χ0n) is 10.4. The molecule has 0 heterocycles. The van der Waals surface area contributed by atoms with Crippen molar-refractivity contribution in [3.63, 3.8) is 0 Å². The summed E-state index contributed by atoms with van der Waals surface area (Å²) in [6.45, 7) is 11.5. The van der Waals surface area contributed by atoms with E-state index in [2.05, 4.69) is 25.7 Å². The van der Waals surface area contributed by atoms with Gasteiger partial charge >= 0.3 is 19.5 Å². The molecule has 0 aromatic heterocycles. The van der Waals surface area contributed by atoms with E-state index in [1.54, 1.807) is 6.92 Å². The van der Waals surface area contributed by atoms with Crippen molar-refractivity contribution in [2.45, 2.75) is 46.5 Å². The van der Waals surface area contributed by atoms with Crippen molar-refractivity contribution in [1.29, 1.82) is 0 Å². The molecule has 15 heavy (non-hydrogen) atoms. The van der Waals surface area contributed by atoms with Gasteiger partial charge in [0.15, 0.2) is 0 Å². The number of thiocarbonyl (C=S) groups is 1. The van der Waals surface area contributed by atoms with E-state index < -0.39 is 0 Å². The molecule has 0 bridgehead atoms. The summed E-state index contributed by atoms with van der Waals surface area (Å²) in [6.07, 6.45) is 4.81. The van der Waals surface area contributed by atoms with E-state index in [4.69, 9.17) is 24.8 Å². The number of hydrogen-bond acceptors (Lipinski definition) is 2. The SMILES string of the molecule is CCCCN(CCCC)C(=S)[S-].[CH2-]C.[Zn+2]. The second-order valence-electron chi connectivity index (χ2n) is 2.96. The van der Waals surface area contributed by atoms with E-state index in [-0.39, 0.29) is 19.5 Å². The topological polar surface area (TPSA) is 3.24 Å². The summed E-state index contributed by atoms with van der Waals surface area (Å²) in [5.74, 6) is 0. The van der Waals surface area contributed by atoms with E-state index in [0.29, 0.717) is 4.32 Å². The van der Waals surface area contributed by atoms with Crippen LogP contribution < -0.4 is 0 Å². The molecule has 0 N–H and O–H groups in total. The van der Waals surface area contributed by atoms with E-state index in [1.165, 1.54) is 25.7 Å². The Balaban J connectivity index is -0.000000449. The van der Waals surface area contributed by atoms with Crippen LogP contribution in [0, 0.1) is 6.92 Å². The molecular formula is C11H23NS2Zn. The minimum atomic E-state index is 0. The van der Waals surface area contributed by atoms with Gasteiger partial charge in [-0.25, -0.2) is 0 Å². The van der Waals surface area contributed by atoms with Crippen LogP contribution in [0.25, 0.3) is 0 Å². The summed E-state index contributed by atoms with van der Waals surface area (Å²) in [6, 6.07) is 0. The van der Waals surface area contributed by atoms with Gasteiger partial charge in [0, 0.05) is 13.1 Å². The third-order valence-corrected chi connectivity index (χ3v) is 2.34. The number of unbranched alkanes of at least 4 members (excludes halogenated alkanes) is 2. The Kier molecular flexibility index (Phi) is 24.1. The fraction of sp³-hybridized carbons (Fsp3) is 0.818. The number of nitrogens with zero attached hydrogens (tertiary/aromatic N) is 1. The van der Waals surface area contributed by atoms with Crippen LogP contribution in [0.3, 0.4) is 0 Å². The van der Waals surface area contributed by atoms with Crippen LogP contribution in [0.2, 0.25) is 0 Å². The summed E-state index contributed by atoms with van der Waals surface area (Å²) in [4.78, 5) is 2.14. The maximum Gasteiger partial charge on any atom is 2.00 e. The molecule has 0 saturated heterocycles. The summed E-state index contributed by atoms with van der Waals surface area (Å²) >= 11 is 9.97. The van der Waals surface area contributed by atoms with E-state index in [1.807, 2.05) is 0 Å².